The zero-order valence-electron chi connectivity index (χ0n) is 54.7. The first kappa shape index (κ1) is 59.3. The van der Waals surface area contributed by atoms with Gasteiger partial charge in [0.1, 0.15) is 0 Å². The van der Waals surface area contributed by atoms with Gasteiger partial charge in [0.05, 0.1) is 44.1 Å². The fraction of sp³-hybridized carbons (Fsp3) is 0.0667. The molecule has 0 bridgehead atoms. The summed E-state index contributed by atoms with van der Waals surface area (Å²) in [4.78, 5) is 0. The Morgan fingerprint density at radius 1 is 0.255 bits per heavy atom. The third-order valence-electron chi connectivity index (χ3n) is 21.0. The van der Waals surface area contributed by atoms with Gasteiger partial charge in [-0.3, -0.25) is 0 Å². The van der Waals surface area contributed by atoms with Gasteiger partial charge in [-0.15, -0.1) is 0 Å². The minimum atomic E-state index is -1.46. The zero-order chi connectivity index (χ0) is 66.1. The number of aromatic nitrogens is 4. The van der Waals surface area contributed by atoms with Crippen LogP contribution in [-0.2, 0) is 10.8 Å². The van der Waals surface area contributed by atoms with Gasteiger partial charge in [-0.05, 0) is 195 Å². The Morgan fingerprint density at radius 2 is 0.571 bits per heavy atom. The molecule has 98 heavy (non-hydrogen) atoms. The molecule has 0 unspecified atom stereocenters. The van der Waals surface area contributed by atoms with E-state index in [4.69, 9.17) is 0 Å². The zero-order valence-corrected chi connectivity index (χ0v) is 56.2. The quantitative estimate of drug-likeness (QED) is 0.163. The SMILES string of the molecule is CC1(C)c2ccccc2-c2cc3c4cc(-c5ccc6c(c5)c5ccccc5n6-c5ccccc5)ccc4n(-c4ccccc4)c3cc21.CC1(C)c2ccccc2-c2cc3c4cc(Br)ccc4n(-c4ccccc4)c3cc21.OB(O)c1ccc2c(c1)c1ccccc1n2-c1ccccc1. The number of fused-ring (bicyclic) bond motifs is 18. The number of para-hydroxylation sites is 6. The van der Waals surface area contributed by atoms with E-state index in [-0.39, 0.29) is 10.8 Å². The van der Waals surface area contributed by atoms with Crippen molar-refractivity contribution in [1.29, 1.82) is 0 Å². The third-order valence-corrected chi connectivity index (χ3v) is 21.5. The molecule has 4 aromatic heterocycles. The maximum absolute atomic E-state index is 9.43. The average molecular weight is 1330 g/mol. The Morgan fingerprint density at radius 3 is 1.00 bits per heavy atom. The second-order valence-corrected chi connectivity index (χ2v) is 28.1. The standard InChI is InChI=1S/C45H32N2.C27H20BrN.C18H14BNO2/c1-45(2)39-19-11-9-17-33(39)35-27-38-37-26-30(22-24-43(37)47(44(38)28-40(35)45)32-15-7-4-8-16-32)29-21-23-42-36(25-29)34-18-10-12-20-41(34)46(42)31-13-5-3-6-14-31;1-27(2)23-11-7-6-10-19(23)20-15-22-21-14-17(28)12-13-25(21)29(26(22)16-24(20)27)18-8-4-3-5-9-18;21-19(22)13-10-11-18-16(12-13)15-8-4-5-9-17(15)20(18)14-6-2-1-3-7-14/h3-28H,1-2H3;3-16H,1-2H3;1-12,21-22H. The first-order valence-electron chi connectivity index (χ1n) is 33.6. The maximum atomic E-state index is 9.43. The first-order valence-corrected chi connectivity index (χ1v) is 34.4. The molecule has 8 heteroatoms. The van der Waals surface area contributed by atoms with Crippen LogP contribution in [0.25, 0.3) is 143 Å². The van der Waals surface area contributed by atoms with Crippen molar-refractivity contribution in [3.05, 3.63) is 342 Å². The van der Waals surface area contributed by atoms with Crippen molar-refractivity contribution < 1.29 is 10.0 Å². The molecular weight excluding hydrogens is 1260 g/mol. The molecule has 14 aromatic carbocycles. The summed E-state index contributed by atoms with van der Waals surface area (Å²) in [5, 5.41) is 28.7. The third kappa shape index (κ3) is 9.30. The van der Waals surface area contributed by atoms with Crippen molar-refractivity contribution in [2.75, 3.05) is 0 Å². The summed E-state index contributed by atoms with van der Waals surface area (Å²) in [7, 11) is -1.46. The Kier molecular flexibility index (Phi) is 13.9. The van der Waals surface area contributed by atoms with E-state index in [1.807, 2.05) is 42.5 Å². The van der Waals surface area contributed by atoms with Crippen molar-refractivity contribution in [2.45, 2.75) is 38.5 Å². The lowest BCUT2D eigenvalue weighted by Crippen LogP contribution is -2.29. The highest BCUT2D eigenvalue weighted by atomic mass is 79.9. The molecule has 2 N–H and O–H groups in total. The Hall–Kier alpha value is -11.3. The Bertz CT molecular complexity index is 6220. The van der Waals surface area contributed by atoms with E-state index in [1.54, 1.807) is 6.07 Å². The number of hydrogen-bond donors (Lipinski definition) is 2. The lowest BCUT2D eigenvalue weighted by Gasteiger charge is -2.21. The minimum Gasteiger partial charge on any atom is -0.423 e. The topological polar surface area (TPSA) is 60.2 Å². The van der Waals surface area contributed by atoms with Crippen molar-refractivity contribution in [1.82, 2.24) is 18.3 Å². The van der Waals surface area contributed by atoms with Crippen molar-refractivity contribution in [3.8, 4) is 56.1 Å². The minimum absolute atomic E-state index is 0.00132. The molecular formula is C90H66BBrN4O2. The van der Waals surface area contributed by atoms with Gasteiger partial charge in [0, 0.05) is 81.1 Å². The molecule has 0 atom stereocenters. The van der Waals surface area contributed by atoms with E-state index < -0.39 is 7.12 Å². The second-order valence-electron chi connectivity index (χ2n) is 27.2. The lowest BCUT2D eigenvalue weighted by molar-refractivity contribution is 0.426. The lowest BCUT2D eigenvalue weighted by atomic mass is 9.80. The number of rotatable bonds is 6. The molecule has 0 amide bonds. The predicted octanol–water partition coefficient (Wildman–Crippen LogP) is 22.2. The molecule has 6 nitrogen and oxygen atoms in total. The monoisotopic (exact) mass is 1320 g/mol. The van der Waals surface area contributed by atoms with E-state index in [9.17, 15) is 10.0 Å². The highest BCUT2D eigenvalue weighted by molar-refractivity contribution is 9.10. The first-order chi connectivity index (χ1) is 47.9. The van der Waals surface area contributed by atoms with E-state index >= 15 is 0 Å². The molecule has 0 saturated heterocycles. The van der Waals surface area contributed by atoms with Crippen LogP contribution in [0, 0.1) is 0 Å². The molecule has 0 fully saturated rings. The summed E-state index contributed by atoms with van der Waals surface area (Å²) in [6, 6.07) is 113. The van der Waals surface area contributed by atoms with Crippen LogP contribution in [0.5, 0.6) is 0 Å². The van der Waals surface area contributed by atoms with Gasteiger partial charge in [-0.2, -0.15) is 0 Å². The van der Waals surface area contributed by atoms with Crippen LogP contribution < -0.4 is 5.46 Å². The van der Waals surface area contributed by atoms with Crippen LogP contribution in [0.15, 0.2) is 320 Å². The van der Waals surface area contributed by atoms with Crippen LogP contribution in [-0.4, -0.2) is 35.4 Å². The number of halogens is 1. The molecule has 0 radical (unpaired) electrons. The second kappa shape index (κ2) is 23.0. The van der Waals surface area contributed by atoms with E-state index in [1.165, 1.54) is 138 Å². The normalized spacial score (nSPS) is 13.2. The van der Waals surface area contributed by atoms with E-state index in [0.717, 1.165) is 32.0 Å². The Balaban J connectivity index is 0.000000116. The van der Waals surface area contributed by atoms with Gasteiger partial charge in [0.25, 0.3) is 0 Å². The van der Waals surface area contributed by atoms with Gasteiger partial charge >= 0.3 is 7.12 Å². The summed E-state index contributed by atoms with van der Waals surface area (Å²) >= 11 is 3.68. The molecule has 2 aliphatic rings. The molecule has 18 aromatic rings. The fourth-order valence-corrected chi connectivity index (χ4v) is 16.7. The molecule has 0 saturated carbocycles. The predicted molar refractivity (Wildman–Crippen MR) is 415 cm³/mol. The number of benzene rings is 14. The highest BCUT2D eigenvalue weighted by Crippen LogP contribution is 2.53. The molecule has 0 aliphatic heterocycles. The molecule has 4 heterocycles. The van der Waals surface area contributed by atoms with Crippen LogP contribution in [0.4, 0.5) is 0 Å². The summed E-state index contributed by atoms with van der Waals surface area (Å²) in [5.74, 6) is 0. The fourth-order valence-electron chi connectivity index (χ4n) is 16.3. The van der Waals surface area contributed by atoms with Crippen LogP contribution in [0.3, 0.4) is 0 Å². The highest BCUT2D eigenvalue weighted by Gasteiger charge is 2.38. The summed E-state index contributed by atoms with van der Waals surface area (Å²) in [5.41, 5.74) is 28.2. The van der Waals surface area contributed by atoms with Gasteiger partial charge in [0.15, 0.2) is 0 Å². The van der Waals surface area contributed by atoms with Gasteiger partial charge in [-0.1, -0.05) is 226 Å². The van der Waals surface area contributed by atoms with Crippen LogP contribution in [0.1, 0.15) is 49.9 Å². The smallest absolute Gasteiger partial charge is 0.423 e. The van der Waals surface area contributed by atoms with Gasteiger partial charge in [0.2, 0.25) is 0 Å². The maximum Gasteiger partial charge on any atom is 0.488 e. The van der Waals surface area contributed by atoms with Gasteiger partial charge in [-0.25, -0.2) is 0 Å². The number of nitrogens with zero attached hydrogens (tertiary/aromatic N) is 4. The van der Waals surface area contributed by atoms with Crippen LogP contribution in [0.2, 0.25) is 0 Å². The summed E-state index contributed by atoms with van der Waals surface area (Å²) in [6.07, 6.45) is 0. The molecule has 2 aliphatic carbocycles. The number of hydrogen-bond acceptors (Lipinski definition) is 2. The largest absolute Gasteiger partial charge is 0.488 e. The molecule has 468 valence electrons. The Labute approximate surface area is 577 Å². The van der Waals surface area contributed by atoms with E-state index in [0.29, 0.717) is 5.46 Å². The summed E-state index contributed by atoms with van der Waals surface area (Å²) < 4.78 is 10.5. The van der Waals surface area contributed by atoms with Crippen molar-refractivity contribution in [3.63, 3.8) is 0 Å². The van der Waals surface area contributed by atoms with Crippen molar-refractivity contribution in [2.24, 2.45) is 0 Å². The summed E-state index contributed by atoms with van der Waals surface area (Å²) in [6.45, 7) is 9.41. The van der Waals surface area contributed by atoms with Gasteiger partial charge < -0.3 is 28.3 Å². The van der Waals surface area contributed by atoms with Crippen LogP contribution >= 0.6 is 15.9 Å². The molecule has 20 rings (SSSR count). The molecule has 0 spiro atoms. The average Bonchev–Trinajstić information content (AvgIpc) is 1.56. The van der Waals surface area contributed by atoms with E-state index in [2.05, 4.69) is 329 Å². The van der Waals surface area contributed by atoms with Crippen molar-refractivity contribution >= 4 is 116 Å².